The quantitative estimate of drug-likeness (QED) is 0.634. The lowest BCUT2D eigenvalue weighted by Crippen LogP contribution is -2.14. The highest BCUT2D eigenvalue weighted by Crippen LogP contribution is 2.39. The number of rotatable bonds is 5. The minimum Gasteiger partial charge on any atom is -0.411 e. The maximum absolute atomic E-state index is 12.4. The van der Waals surface area contributed by atoms with Gasteiger partial charge in [-0.25, -0.2) is 0 Å². The molecule has 1 N–H and O–H groups in total. The Morgan fingerprint density at radius 1 is 1.50 bits per heavy atom. The second-order valence-corrected chi connectivity index (χ2v) is 8.65. The molecule has 142 valence electrons. The maximum atomic E-state index is 12.4. The van der Waals surface area contributed by atoms with Gasteiger partial charge in [-0.2, -0.15) is 5.26 Å². The Labute approximate surface area is 170 Å². The largest absolute Gasteiger partial charge is 0.411 e. The van der Waals surface area contributed by atoms with E-state index in [-0.39, 0.29) is 11.7 Å². The molecule has 0 radical (unpaired) electrons. The summed E-state index contributed by atoms with van der Waals surface area (Å²) in [6.07, 6.45) is 6.26. The molecule has 0 aromatic carbocycles. The van der Waals surface area contributed by atoms with Gasteiger partial charge in [-0.15, -0.1) is 21.5 Å². The normalized spacial score (nSPS) is 15.6. The van der Waals surface area contributed by atoms with E-state index < -0.39 is 0 Å². The Balaban J connectivity index is 1.39. The van der Waals surface area contributed by atoms with E-state index in [1.165, 1.54) is 16.2 Å². The van der Waals surface area contributed by atoms with Gasteiger partial charge >= 0.3 is 0 Å². The van der Waals surface area contributed by atoms with Gasteiger partial charge in [0.1, 0.15) is 11.1 Å². The molecular weight excluding hydrogens is 394 g/mol. The molecule has 0 saturated heterocycles. The Morgan fingerprint density at radius 2 is 2.39 bits per heavy atom. The van der Waals surface area contributed by atoms with Crippen LogP contribution in [-0.2, 0) is 17.6 Å². The van der Waals surface area contributed by atoms with Crippen molar-refractivity contribution in [3.63, 3.8) is 0 Å². The van der Waals surface area contributed by atoms with Crippen LogP contribution in [0, 0.1) is 17.2 Å². The summed E-state index contributed by atoms with van der Waals surface area (Å²) in [4.78, 5) is 17.6. The number of hydrogen-bond donors (Lipinski definition) is 1. The number of amides is 1. The van der Waals surface area contributed by atoms with Gasteiger partial charge in [0, 0.05) is 17.3 Å². The van der Waals surface area contributed by atoms with Crippen molar-refractivity contribution in [2.24, 2.45) is 5.92 Å². The number of nitriles is 1. The van der Waals surface area contributed by atoms with Crippen molar-refractivity contribution in [3.8, 4) is 17.5 Å². The van der Waals surface area contributed by atoms with Crippen molar-refractivity contribution in [2.75, 3.05) is 11.1 Å². The minimum atomic E-state index is -0.200. The van der Waals surface area contributed by atoms with Crippen molar-refractivity contribution in [1.82, 2.24) is 15.2 Å². The van der Waals surface area contributed by atoms with Crippen molar-refractivity contribution in [3.05, 3.63) is 40.5 Å². The molecule has 4 rings (SSSR count). The average Bonchev–Trinajstić information content (AvgIpc) is 3.31. The summed E-state index contributed by atoms with van der Waals surface area (Å²) < 4.78 is 5.56. The highest BCUT2D eigenvalue weighted by Gasteiger charge is 2.24. The number of carbonyl (C=O) groups excluding carboxylic acids is 1. The molecule has 28 heavy (non-hydrogen) atoms. The topological polar surface area (TPSA) is 105 Å². The molecular formula is C19H17N5O2S2. The molecule has 3 aromatic rings. The summed E-state index contributed by atoms with van der Waals surface area (Å²) in [5.74, 6) is 0.902. The van der Waals surface area contributed by atoms with Crippen LogP contribution in [0.1, 0.15) is 29.3 Å². The Kier molecular flexibility index (Phi) is 5.41. The molecule has 1 aliphatic rings. The van der Waals surface area contributed by atoms with Gasteiger partial charge in [0.25, 0.3) is 5.22 Å². The summed E-state index contributed by atoms with van der Waals surface area (Å²) in [6, 6.07) is 5.87. The Hall–Kier alpha value is -2.70. The van der Waals surface area contributed by atoms with Crippen LogP contribution in [0.4, 0.5) is 5.00 Å². The van der Waals surface area contributed by atoms with Gasteiger partial charge < -0.3 is 9.73 Å². The SMILES string of the molecule is C[C@H]1CCc2c(sc(NC(=O)CSc3nnc(-c4cccnc4)o3)c2C#N)C1. The lowest BCUT2D eigenvalue weighted by Gasteiger charge is -2.17. The van der Waals surface area contributed by atoms with E-state index in [2.05, 4.69) is 33.5 Å². The van der Waals surface area contributed by atoms with Crippen LogP contribution in [0.3, 0.4) is 0 Å². The number of anilines is 1. The molecule has 0 fully saturated rings. The second-order valence-electron chi connectivity index (χ2n) is 6.62. The number of nitrogens with zero attached hydrogens (tertiary/aromatic N) is 4. The zero-order chi connectivity index (χ0) is 19.5. The molecule has 1 aliphatic carbocycles. The van der Waals surface area contributed by atoms with Gasteiger partial charge in [-0.1, -0.05) is 18.7 Å². The first-order valence-electron chi connectivity index (χ1n) is 8.85. The Bertz CT molecular complexity index is 1040. The summed E-state index contributed by atoms with van der Waals surface area (Å²) in [5.41, 5.74) is 2.44. The summed E-state index contributed by atoms with van der Waals surface area (Å²) in [5, 5.41) is 21.3. The van der Waals surface area contributed by atoms with E-state index in [1.54, 1.807) is 18.5 Å². The van der Waals surface area contributed by atoms with Gasteiger partial charge in [0.15, 0.2) is 0 Å². The Morgan fingerprint density at radius 3 is 3.18 bits per heavy atom. The van der Waals surface area contributed by atoms with Crippen LogP contribution in [0.15, 0.2) is 34.2 Å². The lowest BCUT2D eigenvalue weighted by molar-refractivity contribution is -0.113. The lowest BCUT2D eigenvalue weighted by atomic mass is 9.89. The van der Waals surface area contributed by atoms with Gasteiger partial charge in [0.2, 0.25) is 11.8 Å². The number of fused-ring (bicyclic) bond motifs is 1. The number of carbonyl (C=O) groups is 1. The van der Waals surface area contributed by atoms with Crippen LogP contribution in [-0.4, -0.2) is 26.8 Å². The van der Waals surface area contributed by atoms with Crippen molar-refractivity contribution < 1.29 is 9.21 Å². The van der Waals surface area contributed by atoms with E-state index in [0.717, 1.165) is 42.2 Å². The number of hydrogen-bond acceptors (Lipinski definition) is 8. The molecule has 0 unspecified atom stereocenters. The van der Waals surface area contributed by atoms with Crippen molar-refractivity contribution in [1.29, 1.82) is 5.26 Å². The standard InChI is InChI=1S/C19H17N5O2S2/c1-11-4-5-13-14(8-20)18(28-15(13)7-11)22-16(25)10-27-19-24-23-17(26-19)12-3-2-6-21-9-12/h2-3,6,9,11H,4-5,7,10H2,1H3,(H,22,25)/t11-/m0/s1. The minimum absolute atomic E-state index is 0.124. The molecule has 1 atom stereocenters. The number of nitrogens with one attached hydrogen (secondary N) is 1. The zero-order valence-electron chi connectivity index (χ0n) is 15.1. The van der Waals surface area contributed by atoms with Gasteiger partial charge in [-0.3, -0.25) is 9.78 Å². The number of thiophene rings is 1. The first-order chi connectivity index (χ1) is 13.6. The molecule has 0 aliphatic heterocycles. The summed E-state index contributed by atoms with van der Waals surface area (Å²) in [7, 11) is 0. The number of pyridine rings is 1. The molecule has 1 amide bonds. The molecule has 3 aromatic heterocycles. The highest BCUT2D eigenvalue weighted by molar-refractivity contribution is 7.99. The summed E-state index contributed by atoms with van der Waals surface area (Å²) in [6.45, 7) is 2.22. The number of aromatic nitrogens is 3. The molecule has 0 spiro atoms. The van der Waals surface area contributed by atoms with Crippen LogP contribution < -0.4 is 5.32 Å². The van der Waals surface area contributed by atoms with Crippen LogP contribution in [0.5, 0.6) is 0 Å². The van der Waals surface area contributed by atoms with E-state index >= 15 is 0 Å². The van der Waals surface area contributed by atoms with Crippen LogP contribution >= 0.6 is 23.1 Å². The smallest absolute Gasteiger partial charge is 0.277 e. The van der Waals surface area contributed by atoms with Gasteiger partial charge in [-0.05, 0) is 42.9 Å². The molecule has 9 heteroatoms. The maximum Gasteiger partial charge on any atom is 0.277 e. The third-order valence-corrected chi connectivity index (χ3v) is 6.51. The van der Waals surface area contributed by atoms with E-state index in [9.17, 15) is 10.1 Å². The average molecular weight is 412 g/mol. The summed E-state index contributed by atoms with van der Waals surface area (Å²) >= 11 is 2.68. The van der Waals surface area contributed by atoms with E-state index in [1.807, 2.05) is 6.07 Å². The first kappa shape index (κ1) is 18.7. The molecule has 7 nitrogen and oxygen atoms in total. The van der Waals surface area contributed by atoms with Gasteiger partial charge in [0.05, 0.1) is 16.9 Å². The predicted molar refractivity (Wildman–Crippen MR) is 107 cm³/mol. The van der Waals surface area contributed by atoms with E-state index in [0.29, 0.717) is 27.6 Å². The fraction of sp³-hybridized carbons (Fsp3) is 0.316. The zero-order valence-corrected chi connectivity index (χ0v) is 16.8. The number of thioether (sulfide) groups is 1. The van der Waals surface area contributed by atoms with E-state index in [4.69, 9.17) is 4.42 Å². The molecule has 0 bridgehead atoms. The fourth-order valence-corrected chi connectivity index (χ4v) is 5.06. The fourth-order valence-electron chi connectivity index (χ4n) is 3.12. The highest BCUT2D eigenvalue weighted by atomic mass is 32.2. The molecule has 0 saturated carbocycles. The van der Waals surface area contributed by atoms with Crippen molar-refractivity contribution >= 4 is 34.0 Å². The van der Waals surface area contributed by atoms with Crippen LogP contribution in [0.25, 0.3) is 11.5 Å². The second kappa shape index (κ2) is 8.12. The third kappa shape index (κ3) is 3.93. The first-order valence-corrected chi connectivity index (χ1v) is 10.7. The molecule has 3 heterocycles. The van der Waals surface area contributed by atoms with Crippen LogP contribution in [0.2, 0.25) is 0 Å². The van der Waals surface area contributed by atoms with Crippen molar-refractivity contribution in [2.45, 2.75) is 31.4 Å². The third-order valence-electron chi connectivity index (χ3n) is 4.52. The monoisotopic (exact) mass is 411 g/mol. The predicted octanol–water partition coefficient (Wildman–Crippen LogP) is 3.92.